The lowest BCUT2D eigenvalue weighted by molar-refractivity contribution is -0.125. The van der Waals surface area contributed by atoms with Crippen LogP contribution in [-0.2, 0) is 4.79 Å². The zero-order valence-corrected chi connectivity index (χ0v) is 18.2. The van der Waals surface area contributed by atoms with E-state index in [-0.39, 0.29) is 35.8 Å². The van der Waals surface area contributed by atoms with Crippen LogP contribution in [0.5, 0.6) is 0 Å². The van der Waals surface area contributed by atoms with E-state index in [1.807, 2.05) is 7.05 Å². The molecule has 1 amide bonds. The van der Waals surface area contributed by atoms with Crippen LogP contribution in [0.2, 0.25) is 0 Å². The Kier molecular flexibility index (Phi) is 11.1. The monoisotopic (exact) mass is 468 g/mol. The SMILES string of the molecule is CCC1CN(C(=NC)NCCNC(=O)C2CCCCC2)CCS1.I. The summed E-state index contributed by atoms with van der Waals surface area (Å²) in [6.45, 7) is 5.78. The lowest BCUT2D eigenvalue weighted by Crippen LogP contribution is -2.49. The molecule has 7 heteroatoms. The van der Waals surface area contributed by atoms with Gasteiger partial charge in [-0.25, -0.2) is 0 Å². The first-order valence-electron chi connectivity index (χ1n) is 9.09. The van der Waals surface area contributed by atoms with Crippen molar-refractivity contribution < 1.29 is 4.79 Å². The standard InChI is InChI=1S/C17H32N4OS.HI/c1-3-15-13-21(11-12-23-15)17(18-2)20-10-9-19-16(22)14-7-5-4-6-8-14;/h14-15H,3-13H2,1-2H3,(H,18,20)(H,19,22);1H. The van der Waals surface area contributed by atoms with Crippen molar-refractivity contribution in [1.29, 1.82) is 0 Å². The van der Waals surface area contributed by atoms with E-state index < -0.39 is 0 Å². The Morgan fingerprint density at radius 3 is 2.58 bits per heavy atom. The Morgan fingerprint density at radius 1 is 1.21 bits per heavy atom. The highest BCUT2D eigenvalue weighted by atomic mass is 127. The van der Waals surface area contributed by atoms with Gasteiger partial charge < -0.3 is 15.5 Å². The smallest absolute Gasteiger partial charge is 0.223 e. The Balaban J connectivity index is 0.00000288. The molecule has 0 bridgehead atoms. The van der Waals surface area contributed by atoms with Crippen LogP contribution in [0.3, 0.4) is 0 Å². The number of rotatable bonds is 5. The number of carbonyl (C=O) groups is 1. The molecule has 0 aromatic rings. The Bertz CT molecular complexity index is 402. The van der Waals surface area contributed by atoms with Crippen LogP contribution in [0.4, 0.5) is 0 Å². The number of hydrogen-bond acceptors (Lipinski definition) is 3. The molecule has 1 heterocycles. The van der Waals surface area contributed by atoms with Gasteiger partial charge in [0.15, 0.2) is 5.96 Å². The molecule has 2 N–H and O–H groups in total. The summed E-state index contributed by atoms with van der Waals surface area (Å²) >= 11 is 2.06. The van der Waals surface area contributed by atoms with E-state index in [0.29, 0.717) is 11.8 Å². The number of thioether (sulfide) groups is 1. The fraction of sp³-hybridized carbons (Fsp3) is 0.882. The van der Waals surface area contributed by atoms with Gasteiger partial charge in [-0.05, 0) is 19.3 Å². The maximum Gasteiger partial charge on any atom is 0.223 e. The fourth-order valence-corrected chi connectivity index (χ4v) is 4.54. The summed E-state index contributed by atoms with van der Waals surface area (Å²) in [5, 5.41) is 7.17. The van der Waals surface area contributed by atoms with Gasteiger partial charge in [-0.3, -0.25) is 9.79 Å². The summed E-state index contributed by atoms with van der Waals surface area (Å²) in [4.78, 5) is 18.9. The number of aliphatic imine (C=N–C) groups is 1. The van der Waals surface area contributed by atoms with Gasteiger partial charge in [-0.2, -0.15) is 11.8 Å². The Hall–Kier alpha value is -0.180. The summed E-state index contributed by atoms with van der Waals surface area (Å²) in [6, 6.07) is 0. The number of carbonyl (C=O) groups excluding carboxylic acids is 1. The maximum atomic E-state index is 12.1. The second-order valence-corrected chi connectivity index (χ2v) is 7.86. The van der Waals surface area contributed by atoms with E-state index in [1.165, 1.54) is 25.7 Å². The van der Waals surface area contributed by atoms with Crippen molar-refractivity contribution in [2.75, 3.05) is 39.0 Å². The van der Waals surface area contributed by atoms with Gasteiger partial charge in [-0.15, -0.1) is 24.0 Å². The van der Waals surface area contributed by atoms with Gasteiger partial charge in [0, 0.05) is 50.1 Å². The van der Waals surface area contributed by atoms with Gasteiger partial charge >= 0.3 is 0 Å². The first-order valence-corrected chi connectivity index (χ1v) is 10.1. The van der Waals surface area contributed by atoms with Crippen molar-refractivity contribution in [3.63, 3.8) is 0 Å². The zero-order chi connectivity index (χ0) is 16.5. The summed E-state index contributed by atoms with van der Waals surface area (Å²) < 4.78 is 0. The van der Waals surface area contributed by atoms with Crippen LogP contribution in [0, 0.1) is 5.92 Å². The van der Waals surface area contributed by atoms with E-state index in [0.717, 1.165) is 44.2 Å². The Morgan fingerprint density at radius 2 is 1.92 bits per heavy atom. The van der Waals surface area contributed by atoms with Gasteiger partial charge in [-0.1, -0.05) is 26.2 Å². The highest BCUT2D eigenvalue weighted by Crippen LogP contribution is 2.23. The van der Waals surface area contributed by atoms with Crippen LogP contribution in [0.15, 0.2) is 4.99 Å². The van der Waals surface area contributed by atoms with Crippen molar-refractivity contribution in [3.8, 4) is 0 Å². The van der Waals surface area contributed by atoms with Gasteiger partial charge in [0.2, 0.25) is 5.91 Å². The van der Waals surface area contributed by atoms with Crippen molar-refractivity contribution >= 4 is 47.6 Å². The molecule has 2 rings (SSSR count). The highest BCUT2D eigenvalue weighted by Gasteiger charge is 2.22. The maximum absolute atomic E-state index is 12.1. The minimum absolute atomic E-state index is 0. The van der Waals surface area contributed by atoms with Crippen LogP contribution in [0.1, 0.15) is 45.4 Å². The first-order chi connectivity index (χ1) is 11.2. The van der Waals surface area contributed by atoms with E-state index >= 15 is 0 Å². The van der Waals surface area contributed by atoms with Gasteiger partial charge in [0.25, 0.3) is 0 Å². The third-order valence-electron chi connectivity index (χ3n) is 4.79. The van der Waals surface area contributed by atoms with Crippen LogP contribution < -0.4 is 10.6 Å². The van der Waals surface area contributed by atoms with Crippen molar-refractivity contribution in [2.24, 2.45) is 10.9 Å². The molecule has 1 aliphatic heterocycles. The van der Waals surface area contributed by atoms with E-state index in [2.05, 4.69) is 39.2 Å². The molecule has 140 valence electrons. The first kappa shape index (κ1) is 21.9. The third kappa shape index (κ3) is 6.98. The number of halogens is 1. The molecule has 0 aromatic carbocycles. The molecular formula is C17H33IN4OS. The quantitative estimate of drug-likeness (QED) is 0.282. The number of nitrogens with one attached hydrogen (secondary N) is 2. The molecule has 1 aliphatic carbocycles. The highest BCUT2D eigenvalue weighted by molar-refractivity contribution is 14.0. The molecule has 0 radical (unpaired) electrons. The van der Waals surface area contributed by atoms with Gasteiger partial charge in [0.1, 0.15) is 0 Å². The van der Waals surface area contributed by atoms with Crippen LogP contribution in [-0.4, -0.2) is 61.0 Å². The number of amides is 1. The summed E-state index contributed by atoms with van der Waals surface area (Å²) in [6.07, 6.45) is 7.02. The number of nitrogens with zero attached hydrogens (tertiary/aromatic N) is 2. The number of guanidine groups is 1. The minimum atomic E-state index is 0. The third-order valence-corrected chi connectivity index (χ3v) is 6.16. The van der Waals surface area contributed by atoms with E-state index in [1.54, 1.807) is 0 Å². The second-order valence-electron chi connectivity index (χ2n) is 6.45. The zero-order valence-electron chi connectivity index (χ0n) is 15.1. The molecule has 1 unspecified atom stereocenters. The predicted octanol–water partition coefficient (Wildman–Crippen LogP) is 2.70. The molecule has 2 aliphatic rings. The average molecular weight is 468 g/mol. The molecule has 0 spiro atoms. The fourth-order valence-electron chi connectivity index (χ4n) is 3.36. The molecule has 5 nitrogen and oxygen atoms in total. The Labute approximate surface area is 168 Å². The molecule has 1 atom stereocenters. The number of hydrogen-bond donors (Lipinski definition) is 2. The van der Waals surface area contributed by atoms with Crippen LogP contribution >= 0.6 is 35.7 Å². The topological polar surface area (TPSA) is 56.7 Å². The summed E-state index contributed by atoms with van der Waals surface area (Å²) in [5.74, 6) is 2.61. The predicted molar refractivity (Wildman–Crippen MR) is 114 cm³/mol. The lowest BCUT2D eigenvalue weighted by Gasteiger charge is -2.34. The average Bonchev–Trinajstić information content (AvgIpc) is 2.62. The largest absolute Gasteiger partial charge is 0.354 e. The van der Waals surface area contributed by atoms with E-state index in [4.69, 9.17) is 0 Å². The molecule has 0 aromatic heterocycles. The van der Waals surface area contributed by atoms with Crippen LogP contribution in [0.25, 0.3) is 0 Å². The summed E-state index contributed by atoms with van der Waals surface area (Å²) in [5.41, 5.74) is 0. The van der Waals surface area contributed by atoms with Crippen molar-refractivity contribution in [3.05, 3.63) is 0 Å². The van der Waals surface area contributed by atoms with Gasteiger partial charge in [0.05, 0.1) is 0 Å². The lowest BCUT2D eigenvalue weighted by atomic mass is 9.89. The molecule has 1 saturated heterocycles. The second kappa shape index (κ2) is 12.2. The van der Waals surface area contributed by atoms with Crippen molar-refractivity contribution in [1.82, 2.24) is 15.5 Å². The molecular weight excluding hydrogens is 435 g/mol. The summed E-state index contributed by atoms with van der Waals surface area (Å²) in [7, 11) is 1.84. The molecule has 2 fully saturated rings. The normalized spacial score (nSPS) is 22.7. The van der Waals surface area contributed by atoms with Crippen molar-refractivity contribution in [2.45, 2.75) is 50.7 Å². The van der Waals surface area contributed by atoms with E-state index in [9.17, 15) is 4.79 Å². The minimum Gasteiger partial charge on any atom is -0.354 e. The molecule has 1 saturated carbocycles. The molecule has 24 heavy (non-hydrogen) atoms.